The first-order valence-electron chi connectivity index (χ1n) is 14.6. The Morgan fingerprint density at radius 1 is 0.870 bits per heavy atom. The molecular weight excluding hydrogens is 753 g/mol. The highest BCUT2D eigenvalue weighted by atomic mass is 32.2. The molecule has 0 aliphatic carbocycles. The zero-order valence-corrected chi connectivity index (χ0v) is 28.8. The number of hydrogen-bond acceptors (Lipinski definition) is 19. The van der Waals surface area contributed by atoms with Crippen molar-refractivity contribution in [2.75, 3.05) is 0 Å². The maximum atomic E-state index is 12.4. The van der Waals surface area contributed by atoms with Crippen molar-refractivity contribution in [1.29, 1.82) is 5.26 Å². The monoisotopic (exact) mass is 772 g/mol. The van der Waals surface area contributed by atoms with Crippen LogP contribution in [0.15, 0.2) is 66.6 Å². The number of aromatic hydroxyl groups is 4. The highest BCUT2D eigenvalue weighted by molar-refractivity contribution is 7.94. The predicted molar refractivity (Wildman–Crippen MR) is 184 cm³/mol. The number of aromatic nitrogens is 6. The summed E-state index contributed by atoms with van der Waals surface area (Å²) in [6.45, 7) is 10.3. The van der Waals surface area contributed by atoms with Crippen LogP contribution in [0.4, 0.5) is 28.4 Å². The second-order valence-electron chi connectivity index (χ2n) is 10.7. The summed E-state index contributed by atoms with van der Waals surface area (Å²) < 4.78 is 41.1. The number of hydrogen-bond donors (Lipinski definition) is 6. The number of rotatable bonds is 10. The molecule has 0 saturated heterocycles. The lowest BCUT2D eigenvalue weighted by atomic mass is 10.1. The van der Waals surface area contributed by atoms with Gasteiger partial charge in [-0.25, -0.2) is 15.1 Å². The average molecular weight is 773 g/mol. The summed E-state index contributed by atoms with van der Waals surface area (Å²) in [6, 6.07) is 9.76. The highest BCUT2D eigenvalue weighted by Crippen LogP contribution is 2.40. The number of nitriles is 1. The molecule has 272 valence electrons. The Hall–Kier alpha value is -7.06. The minimum atomic E-state index is -4.87. The molecule has 24 heteroatoms. The summed E-state index contributed by atoms with van der Waals surface area (Å²) in [4.78, 5) is 10.6. The van der Waals surface area contributed by atoms with E-state index in [0.717, 1.165) is 15.1 Å². The van der Waals surface area contributed by atoms with Gasteiger partial charge in [-0.05, 0) is 49.2 Å². The van der Waals surface area contributed by atoms with Gasteiger partial charge in [-0.15, -0.1) is 14.6 Å². The first-order chi connectivity index (χ1) is 25.7. The Kier molecular flexibility index (Phi) is 9.87. The number of fused-ring (bicyclic) bond motifs is 2. The summed E-state index contributed by atoms with van der Waals surface area (Å²) in [7, 11) is -4.87. The van der Waals surface area contributed by atoms with E-state index in [1.807, 2.05) is 6.07 Å². The van der Waals surface area contributed by atoms with Gasteiger partial charge in [-0.3, -0.25) is 4.55 Å². The van der Waals surface area contributed by atoms with Crippen molar-refractivity contribution in [1.82, 2.24) is 29.2 Å². The van der Waals surface area contributed by atoms with E-state index in [1.165, 1.54) is 56.3 Å². The number of aryl methyl sites for hydroxylation is 2. The van der Waals surface area contributed by atoms with E-state index >= 15 is 0 Å². The third-order valence-electron chi connectivity index (χ3n) is 7.34. The van der Waals surface area contributed by atoms with Crippen LogP contribution in [-0.2, 0) is 19.5 Å². The molecule has 0 spiro atoms. The molecule has 0 atom stereocenters. The molecule has 0 radical (unpaired) electrons. The lowest BCUT2D eigenvalue weighted by molar-refractivity contribution is -0.432. The van der Waals surface area contributed by atoms with Crippen molar-refractivity contribution in [3.8, 4) is 29.6 Å². The second kappa shape index (κ2) is 14.5. The van der Waals surface area contributed by atoms with E-state index in [1.54, 1.807) is 0 Å². The van der Waals surface area contributed by atoms with E-state index in [-0.39, 0.29) is 55.8 Å². The third kappa shape index (κ3) is 6.92. The van der Waals surface area contributed by atoms with Gasteiger partial charge < -0.3 is 20.4 Å². The number of nitrogens with zero attached hydrogens (tertiary/aromatic N) is 12. The summed E-state index contributed by atoms with van der Waals surface area (Å²) in [5, 5.41) is 87.3. The van der Waals surface area contributed by atoms with E-state index in [2.05, 4.69) is 54.8 Å². The van der Waals surface area contributed by atoms with Gasteiger partial charge in [-0.2, -0.15) is 48.1 Å². The van der Waals surface area contributed by atoms with Crippen LogP contribution < -0.4 is 0 Å². The summed E-state index contributed by atoms with van der Waals surface area (Å²) in [5.41, 5.74) is -0.365. The molecule has 4 heterocycles. The van der Waals surface area contributed by atoms with Crippen LogP contribution in [-0.4, -0.2) is 67.9 Å². The Balaban J connectivity index is 1.30. The van der Waals surface area contributed by atoms with Gasteiger partial charge in [0.2, 0.25) is 34.9 Å². The number of azo groups is 2. The van der Waals surface area contributed by atoms with Crippen molar-refractivity contribution in [3.05, 3.63) is 75.9 Å². The molecule has 6 aromatic rings. The van der Waals surface area contributed by atoms with Gasteiger partial charge in [0.25, 0.3) is 15.8 Å². The predicted octanol–water partition coefficient (Wildman–Crippen LogP) is 6.31. The molecular formula is C30H20N12O10S2. The normalized spacial score (nSPS) is 12.1. The molecule has 0 saturated carbocycles. The van der Waals surface area contributed by atoms with Crippen molar-refractivity contribution < 1.29 is 48.0 Å². The van der Waals surface area contributed by atoms with Gasteiger partial charge in [0, 0.05) is 4.90 Å². The fourth-order valence-corrected chi connectivity index (χ4v) is 6.07. The van der Waals surface area contributed by atoms with Crippen LogP contribution in [0.1, 0.15) is 28.1 Å². The zero-order valence-electron chi connectivity index (χ0n) is 27.1. The summed E-state index contributed by atoms with van der Waals surface area (Å²) >= 11 is 0.513. The standard InChI is InChI=1S/C30H20N12O10S2/c1-13-19(12-31)25-33-27(43)23(29(45)41(25)39-13)37-35-17-8-6-15(20(10-17)53-52-51-47)4-5-16-7-9-18(11-21(16)54(48,49)50)36-38-24-28(44)34-26-22(32-3)14(2)40-42(26)30(24)46/h4-11,45-47H,1-2H3,(H,33,43)(H,34,44)(H,48,49,50)/b5-4+,37-35+,38-36+. The molecule has 0 amide bonds. The van der Waals surface area contributed by atoms with Gasteiger partial charge in [0.05, 0.1) is 41.4 Å². The van der Waals surface area contributed by atoms with E-state index in [4.69, 9.17) is 11.8 Å². The number of benzene rings is 2. The van der Waals surface area contributed by atoms with Crippen LogP contribution in [0, 0.1) is 31.8 Å². The molecule has 0 bridgehead atoms. The molecule has 0 aliphatic rings. The molecule has 2 aromatic carbocycles. The molecule has 0 fully saturated rings. The molecule has 6 rings (SSSR count). The maximum absolute atomic E-state index is 12.4. The van der Waals surface area contributed by atoms with Crippen molar-refractivity contribution in [2.45, 2.75) is 23.6 Å². The van der Waals surface area contributed by atoms with Crippen molar-refractivity contribution in [3.63, 3.8) is 0 Å². The molecule has 6 N–H and O–H groups in total. The largest absolute Gasteiger partial charge is 0.492 e. The highest BCUT2D eigenvalue weighted by Gasteiger charge is 2.22. The first-order valence-corrected chi connectivity index (χ1v) is 16.8. The maximum Gasteiger partial charge on any atom is 0.295 e. The second-order valence-corrected chi connectivity index (χ2v) is 12.8. The van der Waals surface area contributed by atoms with Crippen LogP contribution >= 0.6 is 12.0 Å². The van der Waals surface area contributed by atoms with E-state index < -0.39 is 49.9 Å². The molecule has 54 heavy (non-hydrogen) atoms. The van der Waals surface area contributed by atoms with Gasteiger partial charge in [-0.1, -0.05) is 29.3 Å². The fourth-order valence-electron chi connectivity index (χ4n) is 4.86. The van der Waals surface area contributed by atoms with Crippen LogP contribution in [0.5, 0.6) is 23.5 Å². The van der Waals surface area contributed by atoms with Crippen LogP contribution in [0.2, 0.25) is 0 Å². The van der Waals surface area contributed by atoms with Gasteiger partial charge in [0.15, 0.2) is 11.3 Å². The zero-order chi connectivity index (χ0) is 38.9. The fraction of sp³-hybridized carbons (Fsp3) is 0.0667. The molecule has 0 unspecified atom stereocenters. The SMILES string of the molecule is [C-]#[N+]c1c(C)nn2c(O)c(/N=N/c3ccc(/C=C/c4ccc(/N=N/c5c(O)nc6c(C#N)c(C)nn6c5O)cc4SOOO)c(S(=O)(=O)O)c3)c(O)nc12. The van der Waals surface area contributed by atoms with Crippen molar-refractivity contribution >= 4 is 74.0 Å². The minimum Gasteiger partial charge on any atom is -0.492 e. The van der Waals surface area contributed by atoms with Crippen molar-refractivity contribution in [2.24, 2.45) is 20.5 Å². The average Bonchev–Trinajstić information content (AvgIpc) is 3.63. The topological polar surface area (TPSA) is 312 Å². The molecule has 0 aliphatic heterocycles. The van der Waals surface area contributed by atoms with Gasteiger partial charge >= 0.3 is 0 Å². The van der Waals surface area contributed by atoms with Gasteiger partial charge in [0.1, 0.15) is 16.5 Å². The Morgan fingerprint density at radius 3 is 2.02 bits per heavy atom. The lowest BCUT2D eigenvalue weighted by Crippen LogP contribution is -2.00. The quantitative estimate of drug-likeness (QED) is 0.0169. The first kappa shape index (κ1) is 36.7. The van der Waals surface area contributed by atoms with E-state index in [0.29, 0.717) is 17.6 Å². The summed E-state index contributed by atoms with van der Waals surface area (Å²) in [5.74, 6) is -2.85. The Bertz CT molecular complexity index is 2800. The molecule has 4 aromatic heterocycles. The smallest absolute Gasteiger partial charge is 0.295 e. The summed E-state index contributed by atoms with van der Waals surface area (Å²) in [6.07, 6.45) is 2.73. The Labute approximate surface area is 305 Å². The van der Waals surface area contributed by atoms with Crippen LogP contribution in [0.25, 0.3) is 28.3 Å². The lowest BCUT2D eigenvalue weighted by Gasteiger charge is -2.07. The third-order valence-corrected chi connectivity index (χ3v) is 8.91. The Morgan fingerprint density at radius 2 is 1.43 bits per heavy atom. The van der Waals surface area contributed by atoms with Crippen LogP contribution in [0.3, 0.4) is 0 Å². The van der Waals surface area contributed by atoms with E-state index in [9.17, 15) is 38.7 Å². The minimum absolute atomic E-state index is 0.000840. The molecule has 22 nitrogen and oxygen atoms in total.